The smallest absolute Gasteiger partial charge is 0.333 e. The number of hydrogen-bond donors (Lipinski definition) is 1. The molecule has 3 amide bonds. The first kappa shape index (κ1) is 22.2. The minimum atomic E-state index is -0.507. The predicted octanol–water partition coefficient (Wildman–Crippen LogP) is 6.93. The zero-order valence-electron chi connectivity index (χ0n) is 17.8. The highest BCUT2D eigenvalue weighted by atomic mass is 79.9. The molecule has 1 saturated heterocycles. The van der Waals surface area contributed by atoms with E-state index in [0.29, 0.717) is 23.1 Å². The first-order valence-corrected chi connectivity index (χ1v) is 11.7. The van der Waals surface area contributed by atoms with Crippen molar-refractivity contribution in [2.24, 2.45) is 0 Å². The number of fused-ring (bicyclic) bond motifs is 1. The third kappa shape index (κ3) is 4.55. The lowest BCUT2D eigenvalue weighted by Crippen LogP contribution is -2.30. The second kappa shape index (κ2) is 9.33. The van der Waals surface area contributed by atoms with Gasteiger partial charge in [0.05, 0.1) is 10.2 Å². The van der Waals surface area contributed by atoms with E-state index in [2.05, 4.69) is 51.6 Å². The molecule has 0 aliphatic carbocycles. The van der Waals surface area contributed by atoms with Gasteiger partial charge in [-0.05, 0) is 86.4 Å². The van der Waals surface area contributed by atoms with Crippen molar-refractivity contribution in [2.45, 2.75) is 6.61 Å². The lowest BCUT2D eigenvalue weighted by molar-refractivity contribution is -0.113. The monoisotopic (exact) mass is 532 g/mol. The Bertz CT molecular complexity index is 1450. The molecule has 0 spiro atoms. The standard InChI is InChI=1S/C27H18BrClN2O3/c28-23-14-17(15-24-26(32)31(27(33)30-24)22-10-8-21(29)9-11-22)6-12-25(23)34-16-18-5-7-19-3-1-2-4-20(19)13-18/h1-15H,16H2,(H,30,33)/b24-15+. The molecular formula is C27H18BrClN2O3. The Morgan fingerprint density at radius 1 is 0.912 bits per heavy atom. The number of imide groups is 1. The van der Waals surface area contributed by atoms with Gasteiger partial charge in [0, 0.05) is 5.02 Å². The molecule has 5 nitrogen and oxygen atoms in total. The van der Waals surface area contributed by atoms with E-state index >= 15 is 0 Å². The first-order valence-electron chi connectivity index (χ1n) is 10.5. The summed E-state index contributed by atoms with van der Waals surface area (Å²) in [5.74, 6) is 0.250. The maximum Gasteiger partial charge on any atom is 0.333 e. The molecule has 0 bridgehead atoms. The van der Waals surface area contributed by atoms with Gasteiger partial charge in [-0.25, -0.2) is 9.69 Å². The van der Waals surface area contributed by atoms with E-state index in [4.69, 9.17) is 16.3 Å². The molecule has 0 radical (unpaired) electrons. The van der Waals surface area contributed by atoms with E-state index in [1.54, 1.807) is 30.3 Å². The van der Waals surface area contributed by atoms with Crippen molar-refractivity contribution in [1.82, 2.24) is 5.32 Å². The number of rotatable bonds is 5. The van der Waals surface area contributed by atoms with Gasteiger partial charge in [0.15, 0.2) is 0 Å². The Kier molecular flexibility index (Phi) is 6.09. The molecular weight excluding hydrogens is 516 g/mol. The highest BCUT2D eigenvalue weighted by molar-refractivity contribution is 9.10. The second-order valence-electron chi connectivity index (χ2n) is 7.77. The molecule has 1 aliphatic rings. The maximum atomic E-state index is 12.8. The van der Waals surface area contributed by atoms with Crippen molar-refractivity contribution >= 4 is 62.0 Å². The summed E-state index contributed by atoms with van der Waals surface area (Å²) in [7, 11) is 0. The first-order chi connectivity index (χ1) is 16.5. The van der Waals surface area contributed by atoms with Crippen molar-refractivity contribution in [3.05, 3.63) is 111 Å². The third-order valence-corrected chi connectivity index (χ3v) is 6.31. The van der Waals surface area contributed by atoms with Gasteiger partial charge in [0.1, 0.15) is 18.1 Å². The number of amides is 3. The Balaban J connectivity index is 1.30. The fourth-order valence-electron chi connectivity index (χ4n) is 3.74. The largest absolute Gasteiger partial charge is 0.488 e. The average molecular weight is 534 g/mol. The minimum Gasteiger partial charge on any atom is -0.488 e. The zero-order chi connectivity index (χ0) is 23.7. The maximum absolute atomic E-state index is 12.8. The van der Waals surface area contributed by atoms with E-state index in [1.165, 1.54) is 10.8 Å². The Labute approximate surface area is 209 Å². The van der Waals surface area contributed by atoms with Gasteiger partial charge in [-0.2, -0.15) is 0 Å². The van der Waals surface area contributed by atoms with Crippen LogP contribution in [0.1, 0.15) is 11.1 Å². The van der Waals surface area contributed by atoms with Gasteiger partial charge in [-0.3, -0.25) is 4.79 Å². The summed E-state index contributed by atoms with van der Waals surface area (Å²) in [4.78, 5) is 26.3. The van der Waals surface area contributed by atoms with E-state index in [0.717, 1.165) is 20.5 Å². The van der Waals surface area contributed by atoms with E-state index in [9.17, 15) is 9.59 Å². The van der Waals surface area contributed by atoms with Gasteiger partial charge in [-0.1, -0.05) is 54.1 Å². The molecule has 0 unspecified atom stereocenters. The molecule has 1 N–H and O–H groups in total. The molecule has 1 aliphatic heterocycles. The van der Waals surface area contributed by atoms with Crippen LogP contribution in [0.2, 0.25) is 5.02 Å². The van der Waals surface area contributed by atoms with Crippen LogP contribution in [0.4, 0.5) is 10.5 Å². The summed E-state index contributed by atoms with van der Waals surface area (Å²) < 4.78 is 6.74. The fraction of sp³-hybridized carbons (Fsp3) is 0.0370. The van der Waals surface area contributed by atoms with Crippen LogP contribution in [-0.4, -0.2) is 11.9 Å². The van der Waals surface area contributed by atoms with Crippen molar-refractivity contribution in [2.75, 3.05) is 4.90 Å². The summed E-state index contributed by atoms with van der Waals surface area (Å²) in [6.45, 7) is 0.425. The third-order valence-electron chi connectivity index (χ3n) is 5.44. The molecule has 1 heterocycles. The van der Waals surface area contributed by atoms with E-state index in [1.807, 2.05) is 30.3 Å². The van der Waals surface area contributed by atoms with E-state index in [-0.39, 0.29) is 5.70 Å². The highest BCUT2D eigenvalue weighted by Crippen LogP contribution is 2.29. The van der Waals surface area contributed by atoms with Gasteiger partial charge >= 0.3 is 6.03 Å². The topological polar surface area (TPSA) is 58.6 Å². The summed E-state index contributed by atoms with van der Waals surface area (Å²) >= 11 is 9.45. The Morgan fingerprint density at radius 3 is 2.44 bits per heavy atom. The van der Waals surface area contributed by atoms with E-state index < -0.39 is 11.9 Å². The quantitative estimate of drug-likeness (QED) is 0.223. The van der Waals surface area contributed by atoms with Crippen LogP contribution >= 0.6 is 27.5 Å². The second-order valence-corrected chi connectivity index (χ2v) is 9.06. The highest BCUT2D eigenvalue weighted by Gasteiger charge is 2.34. The Hall–Kier alpha value is -3.61. The zero-order valence-corrected chi connectivity index (χ0v) is 20.1. The minimum absolute atomic E-state index is 0.191. The van der Waals surface area contributed by atoms with Crippen LogP contribution in [0.15, 0.2) is 95.1 Å². The lowest BCUT2D eigenvalue weighted by Gasteiger charge is -2.11. The number of nitrogens with one attached hydrogen (secondary N) is 1. The number of carbonyl (C=O) groups excluding carboxylic acids is 2. The number of ether oxygens (including phenoxy) is 1. The number of halogens is 2. The van der Waals surface area contributed by atoms with Crippen molar-refractivity contribution in [3.8, 4) is 5.75 Å². The van der Waals surface area contributed by atoms with Crippen LogP contribution < -0.4 is 15.0 Å². The predicted molar refractivity (Wildman–Crippen MR) is 138 cm³/mol. The molecule has 0 aromatic heterocycles. The molecule has 5 rings (SSSR count). The summed E-state index contributed by atoms with van der Waals surface area (Å²) in [5, 5.41) is 5.51. The number of carbonyl (C=O) groups is 2. The van der Waals surface area contributed by atoms with Crippen LogP contribution in [0.3, 0.4) is 0 Å². The van der Waals surface area contributed by atoms with Gasteiger partial charge < -0.3 is 10.1 Å². The SMILES string of the molecule is O=C1N/C(=C/c2ccc(OCc3ccc4ccccc4c3)c(Br)c2)C(=O)N1c1ccc(Cl)cc1. The van der Waals surface area contributed by atoms with Crippen molar-refractivity contribution < 1.29 is 14.3 Å². The van der Waals surface area contributed by atoms with Gasteiger partial charge in [-0.15, -0.1) is 0 Å². The summed E-state index contributed by atoms with van der Waals surface area (Å²) in [6, 6.07) is 26.0. The van der Waals surface area contributed by atoms with Gasteiger partial charge in [0.25, 0.3) is 5.91 Å². The van der Waals surface area contributed by atoms with Crippen LogP contribution in [0, 0.1) is 0 Å². The number of hydrogen-bond acceptors (Lipinski definition) is 3. The van der Waals surface area contributed by atoms with Crippen LogP contribution in [-0.2, 0) is 11.4 Å². The molecule has 34 heavy (non-hydrogen) atoms. The Morgan fingerprint density at radius 2 is 1.68 bits per heavy atom. The number of anilines is 1. The van der Waals surface area contributed by atoms with Gasteiger partial charge in [0.2, 0.25) is 0 Å². The lowest BCUT2D eigenvalue weighted by atomic mass is 10.1. The number of benzene rings is 4. The normalized spacial score (nSPS) is 14.6. The van der Waals surface area contributed by atoms with Crippen molar-refractivity contribution in [1.29, 1.82) is 0 Å². The summed E-state index contributed by atoms with van der Waals surface area (Å²) in [5.41, 5.74) is 2.45. The molecule has 4 aromatic carbocycles. The molecule has 7 heteroatoms. The van der Waals surface area contributed by atoms with Crippen molar-refractivity contribution in [3.63, 3.8) is 0 Å². The molecule has 0 saturated carbocycles. The van der Waals surface area contributed by atoms with Crippen LogP contribution in [0.5, 0.6) is 5.75 Å². The number of urea groups is 1. The molecule has 1 fully saturated rings. The van der Waals surface area contributed by atoms with Crippen LogP contribution in [0.25, 0.3) is 16.8 Å². The molecule has 0 atom stereocenters. The number of nitrogens with zero attached hydrogens (tertiary/aromatic N) is 1. The average Bonchev–Trinajstić information content (AvgIpc) is 3.11. The molecule has 4 aromatic rings. The molecule has 168 valence electrons. The summed E-state index contributed by atoms with van der Waals surface area (Å²) in [6.07, 6.45) is 1.63. The fourth-order valence-corrected chi connectivity index (χ4v) is 4.38.